The van der Waals surface area contributed by atoms with Crippen molar-refractivity contribution in [1.29, 1.82) is 0 Å². The number of nitrogen functional groups attached to an aromatic ring is 1. The molecule has 0 spiro atoms. The summed E-state index contributed by atoms with van der Waals surface area (Å²) in [6.07, 6.45) is 2.74. The normalized spacial score (nSPS) is 10.4. The molecule has 0 unspecified atom stereocenters. The second-order valence-electron chi connectivity index (χ2n) is 2.64. The number of rotatable bonds is 2. The van der Waals surface area contributed by atoms with E-state index in [-0.39, 0.29) is 5.69 Å². The molecular formula is C10H10FNO2. The van der Waals surface area contributed by atoms with Crippen LogP contribution < -0.4 is 5.73 Å². The molecule has 0 saturated heterocycles. The van der Waals surface area contributed by atoms with Gasteiger partial charge in [-0.3, -0.25) is 0 Å². The smallest absolute Gasteiger partial charge is 0.330 e. The third-order valence-corrected chi connectivity index (χ3v) is 1.63. The summed E-state index contributed by atoms with van der Waals surface area (Å²) in [6.45, 7) is 0. The molecular weight excluding hydrogens is 185 g/mol. The summed E-state index contributed by atoms with van der Waals surface area (Å²) in [6, 6.07) is 4.20. The molecule has 1 rings (SSSR count). The van der Waals surface area contributed by atoms with Crippen LogP contribution in [-0.4, -0.2) is 13.1 Å². The van der Waals surface area contributed by atoms with Crippen molar-refractivity contribution in [1.82, 2.24) is 0 Å². The van der Waals surface area contributed by atoms with Gasteiger partial charge in [0.25, 0.3) is 0 Å². The highest BCUT2D eigenvalue weighted by Gasteiger charge is 1.97. The van der Waals surface area contributed by atoms with E-state index in [0.717, 1.165) is 0 Å². The summed E-state index contributed by atoms with van der Waals surface area (Å²) >= 11 is 0. The van der Waals surface area contributed by atoms with Crippen molar-refractivity contribution in [2.75, 3.05) is 12.8 Å². The van der Waals surface area contributed by atoms with E-state index < -0.39 is 11.8 Å². The van der Waals surface area contributed by atoms with E-state index in [1.807, 2.05) is 0 Å². The molecule has 0 aliphatic carbocycles. The molecule has 0 fully saturated rings. The molecule has 0 bridgehead atoms. The van der Waals surface area contributed by atoms with Crippen LogP contribution in [0.1, 0.15) is 5.56 Å². The number of anilines is 1. The van der Waals surface area contributed by atoms with Gasteiger partial charge in [-0.25, -0.2) is 9.18 Å². The zero-order valence-electron chi connectivity index (χ0n) is 7.66. The van der Waals surface area contributed by atoms with Crippen LogP contribution in [0.15, 0.2) is 24.3 Å². The zero-order chi connectivity index (χ0) is 10.6. The first-order chi connectivity index (χ1) is 6.63. The summed E-state index contributed by atoms with van der Waals surface area (Å²) in [5.74, 6) is -0.937. The Morgan fingerprint density at radius 2 is 2.29 bits per heavy atom. The number of methoxy groups -OCH3 is 1. The maximum atomic E-state index is 12.7. The minimum Gasteiger partial charge on any atom is -0.466 e. The van der Waals surface area contributed by atoms with E-state index in [9.17, 15) is 9.18 Å². The van der Waals surface area contributed by atoms with Crippen LogP contribution in [0.2, 0.25) is 0 Å². The fourth-order valence-corrected chi connectivity index (χ4v) is 0.898. The molecule has 0 aliphatic heterocycles. The second kappa shape index (κ2) is 4.41. The SMILES string of the molecule is COC(=O)/C=C/c1ccc(F)c(N)c1. The third-order valence-electron chi connectivity index (χ3n) is 1.63. The quantitative estimate of drug-likeness (QED) is 0.443. The second-order valence-corrected chi connectivity index (χ2v) is 2.64. The number of esters is 1. The Morgan fingerprint density at radius 1 is 1.57 bits per heavy atom. The predicted molar refractivity (Wildman–Crippen MR) is 51.9 cm³/mol. The van der Waals surface area contributed by atoms with Gasteiger partial charge in [0.15, 0.2) is 0 Å². The molecule has 0 aliphatic rings. The van der Waals surface area contributed by atoms with E-state index in [1.54, 1.807) is 0 Å². The molecule has 0 atom stereocenters. The monoisotopic (exact) mass is 195 g/mol. The minimum absolute atomic E-state index is 0.0528. The lowest BCUT2D eigenvalue weighted by Crippen LogP contribution is -1.94. The van der Waals surface area contributed by atoms with Crippen molar-refractivity contribution < 1.29 is 13.9 Å². The molecule has 0 heterocycles. The van der Waals surface area contributed by atoms with E-state index in [1.165, 1.54) is 37.5 Å². The third kappa shape index (κ3) is 2.58. The summed E-state index contributed by atoms with van der Waals surface area (Å²) in [4.78, 5) is 10.7. The molecule has 2 N–H and O–H groups in total. The van der Waals surface area contributed by atoms with Crippen LogP contribution in [0, 0.1) is 5.82 Å². The highest BCUT2D eigenvalue weighted by molar-refractivity contribution is 5.87. The van der Waals surface area contributed by atoms with Gasteiger partial charge in [-0.15, -0.1) is 0 Å². The molecule has 0 saturated carbocycles. The largest absolute Gasteiger partial charge is 0.466 e. The van der Waals surface area contributed by atoms with Crippen LogP contribution in [0.5, 0.6) is 0 Å². The van der Waals surface area contributed by atoms with Gasteiger partial charge in [-0.1, -0.05) is 6.07 Å². The minimum atomic E-state index is -0.472. The molecule has 0 amide bonds. The van der Waals surface area contributed by atoms with Gasteiger partial charge in [0, 0.05) is 6.08 Å². The van der Waals surface area contributed by atoms with Gasteiger partial charge in [-0.2, -0.15) is 0 Å². The Morgan fingerprint density at radius 3 is 2.86 bits per heavy atom. The Hall–Kier alpha value is -1.84. The molecule has 1 aromatic rings. The Kier molecular flexibility index (Phi) is 3.23. The number of benzene rings is 1. The van der Waals surface area contributed by atoms with Crippen molar-refractivity contribution in [3.05, 3.63) is 35.7 Å². The van der Waals surface area contributed by atoms with Gasteiger partial charge in [0.05, 0.1) is 12.8 Å². The lowest BCUT2D eigenvalue weighted by Gasteiger charge is -1.97. The fraction of sp³-hybridized carbons (Fsp3) is 0.100. The van der Waals surface area contributed by atoms with Crippen molar-refractivity contribution in [3.63, 3.8) is 0 Å². The molecule has 4 heteroatoms. The standard InChI is InChI=1S/C10H10FNO2/c1-14-10(13)5-3-7-2-4-8(11)9(12)6-7/h2-6H,12H2,1H3/b5-3+. The van der Waals surface area contributed by atoms with Crippen molar-refractivity contribution in [2.24, 2.45) is 0 Å². The van der Waals surface area contributed by atoms with Gasteiger partial charge in [0.1, 0.15) is 5.82 Å². The number of nitrogens with two attached hydrogens (primary N) is 1. The average Bonchev–Trinajstić information content (AvgIpc) is 2.19. The maximum absolute atomic E-state index is 12.7. The highest BCUT2D eigenvalue weighted by Crippen LogP contribution is 2.13. The summed E-state index contributed by atoms with van der Waals surface area (Å²) in [7, 11) is 1.28. The fourth-order valence-electron chi connectivity index (χ4n) is 0.898. The summed E-state index contributed by atoms with van der Waals surface area (Å²) < 4.78 is 17.1. The van der Waals surface area contributed by atoms with Crippen LogP contribution >= 0.6 is 0 Å². The van der Waals surface area contributed by atoms with E-state index >= 15 is 0 Å². The molecule has 3 nitrogen and oxygen atoms in total. The van der Waals surface area contributed by atoms with E-state index in [4.69, 9.17) is 5.73 Å². The first kappa shape index (κ1) is 10.2. The van der Waals surface area contributed by atoms with Crippen molar-refractivity contribution >= 4 is 17.7 Å². The van der Waals surface area contributed by atoms with Gasteiger partial charge in [0.2, 0.25) is 0 Å². The summed E-state index contributed by atoms with van der Waals surface area (Å²) in [5, 5.41) is 0. The lowest BCUT2D eigenvalue weighted by atomic mass is 10.2. The number of ether oxygens (including phenoxy) is 1. The van der Waals surface area contributed by atoms with Gasteiger partial charge >= 0.3 is 5.97 Å². The lowest BCUT2D eigenvalue weighted by molar-refractivity contribution is -0.134. The Bertz CT molecular complexity index is 374. The van der Waals surface area contributed by atoms with Gasteiger partial charge in [-0.05, 0) is 23.8 Å². The Balaban J connectivity index is 2.83. The Labute approximate surface area is 81.0 Å². The van der Waals surface area contributed by atoms with Gasteiger partial charge < -0.3 is 10.5 Å². The predicted octanol–water partition coefficient (Wildman–Crippen LogP) is 1.59. The molecule has 0 radical (unpaired) electrons. The number of carbonyl (C=O) groups excluding carboxylic acids is 1. The van der Waals surface area contributed by atoms with E-state index in [0.29, 0.717) is 5.56 Å². The number of hydrogen-bond acceptors (Lipinski definition) is 3. The average molecular weight is 195 g/mol. The van der Waals surface area contributed by atoms with Crippen LogP contribution in [0.25, 0.3) is 6.08 Å². The molecule has 74 valence electrons. The maximum Gasteiger partial charge on any atom is 0.330 e. The summed E-state index contributed by atoms with van der Waals surface area (Å²) in [5.41, 5.74) is 6.03. The topological polar surface area (TPSA) is 52.3 Å². The molecule has 0 aromatic heterocycles. The van der Waals surface area contributed by atoms with Crippen LogP contribution in [-0.2, 0) is 9.53 Å². The van der Waals surface area contributed by atoms with Crippen molar-refractivity contribution in [3.8, 4) is 0 Å². The molecule has 1 aromatic carbocycles. The highest BCUT2D eigenvalue weighted by atomic mass is 19.1. The first-order valence-electron chi connectivity index (χ1n) is 3.94. The number of halogens is 1. The van der Waals surface area contributed by atoms with Crippen molar-refractivity contribution in [2.45, 2.75) is 0 Å². The first-order valence-corrected chi connectivity index (χ1v) is 3.94. The zero-order valence-corrected chi connectivity index (χ0v) is 7.66. The molecule has 14 heavy (non-hydrogen) atoms. The number of hydrogen-bond donors (Lipinski definition) is 1. The number of carbonyl (C=O) groups is 1. The van der Waals surface area contributed by atoms with Crippen LogP contribution in [0.3, 0.4) is 0 Å². The van der Waals surface area contributed by atoms with Crippen LogP contribution in [0.4, 0.5) is 10.1 Å². The van der Waals surface area contributed by atoms with E-state index in [2.05, 4.69) is 4.74 Å².